The lowest BCUT2D eigenvalue weighted by atomic mass is 9.57. The Balaban J connectivity index is 1.69. The lowest BCUT2D eigenvalue weighted by Gasteiger charge is -2.49. The maximum atomic E-state index is 15.6. The van der Waals surface area contributed by atoms with Crippen LogP contribution in [0.2, 0.25) is 10.0 Å². The molecule has 4 saturated carbocycles. The second-order valence-corrected chi connectivity index (χ2v) is 12.5. The van der Waals surface area contributed by atoms with E-state index >= 15 is 4.39 Å². The summed E-state index contributed by atoms with van der Waals surface area (Å²) in [7, 11) is 0. The summed E-state index contributed by atoms with van der Waals surface area (Å²) in [5, 5.41) is 16.6. The fourth-order valence-electron chi connectivity index (χ4n) is 6.46. The maximum Gasteiger partial charge on any atom is 0.430 e. The number of Topliss-reactive ketones (excluding diaryl/α,β-unsaturated/α-hetero) is 1. The van der Waals surface area contributed by atoms with Crippen molar-refractivity contribution in [3.8, 4) is 0 Å². The van der Waals surface area contributed by atoms with Gasteiger partial charge in [0, 0.05) is 6.21 Å². The lowest BCUT2D eigenvalue weighted by Crippen LogP contribution is -2.52. The number of benzene rings is 1. The monoisotopic (exact) mass is 637 g/mol. The summed E-state index contributed by atoms with van der Waals surface area (Å²) < 4.78 is 72.8. The van der Waals surface area contributed by atoms with E-state index in [0.29, 0.717) is 17.7 Å². The van der Waals surface area contributed by atoms with E-state index in [9.17, 15) is 37.1 Å². The zero-order valence-corrected chi connectivity index (χ0v) is 24.0. The first-order valence-electron chi connectivity index (χ1n) is 13.6. The molecule has 0 heterocycles. The average molecular weight is 638 g/mol. The number of ketones is 1. The molecule has 1 amide bonds. The number of hydrogen-bond acceptors (Lipinski definition) is 5. The molecular formula is C28H30Cl2F5N3O4. The highest BCUT2D eigenvalue weighted by Gasteiger charge is 2.55. The number of aliphatic imine (C=N–C) groups is 1. The quantitative estimate of drug-likeness (QED) is 0.166. The summed E-state index contributed by atoms with van der Waals surface area (Å²) in [5.41, 5.74) is -6.17. The van der Waals surface area contributed by atoms with Crippen LogP contribution in [0.15, 0.2) is 17.1 Å². The van der Waals surface area contributed by atoms with Crippen molar-refractivity contribution >= 4 is 52.8 Å². The highest BCUT2D eigenvalue weighted by molar-refractivity contribution is 6.40. The number of carbonyl (C=O) groups is 3. The third-order valence-electron chi connectivity index (χ3n) is 8.94. The van der Waals surface area contributed by atoms with E-state index < -0.39 is 71.0 Å². The standard InChI is InChI=1S/C28H30Cl2F5N3O4/c29-18-11-16(31)12-19(30)21(18)20(39)14-38(15-26(32)3-1-2-4-26)23(40)17(13-36)22(28(33,34)35)37-27-8-5-25(6-9-27,7-10-27)24(41)42/h11-13,17,36H,1-10,14-15H2,(H,41,42). The summed E-state index contributed by atoms with van der Waals surface area (Å²) in [6, 6.07) is 1.61. The van der Waals surface area contributed by atoms with Crippen molar-refractivity contribution in [2.75, 3.05) is 13.1 Å². The molecule has 4 aliphatic rings. The first-order valence-corrected chi connectivity index (χ1v) is 14.4. The van der Waals surface area contributed by atoms with Gasteiger partial charge in [0.25, 0.3) is 0 Å². The number of alkyl halides is 4. The van der Waals surface area contributed by atoms with Gasteiger partial charge in [0.15, 0.2) is 5.78 Å². The van der Waals surface area contributed by atoms with Crippen LogP contribution < -0.4 is 0 Å². The second-order valence-electron chi connectivity index (χ2n) is 11.7. The Morgan fingerprint density at radius 3 is 2.00 bits per heavy atom. The van der Waals surface area contributed by atoms with Gasteiger partial charge in [-0.3, -0.25) is 19.4 Å². The molecule has 0 aromatic heterocycles. The fraction of sp³-hybridized carbons (Fsp3) is 0.607. The molecule has 1 aromatic carbocycles. The summed E-state index contributed by atoms with van der Waals surface area (Å²) in [4.78, 5) is 43.4. The minimum atomic E-state index is -5.16. The molecule has 7 nitrogen and oxygen atoms in total. The van der Waals surface area contributed by atoms with E-state index in [1.165, 1.54) is 0 Å². The summed E-state index contributed by atoms with van der Waals surface area (Å²) in [5.74, 6) is -6.43. The Morgan fingerprint density at radius 2 is 1.55 bits per heavy atom. The van der Waals surface area contributed by atoms with Crippen molar-refractivity contribution in [2.24, 2.45) is 16.3 Å². The zero-order chi connectivity index (χ0) is 31.1. The number of carboxylic acid groups (broad SMARTS) is 1. The molecule has 0 radical (unpaired) electrons. The van der Waals surface area contributed by atoms with Crippen LogP contribution in [0.1, 0.15) is 74.6 Å². The lowest BCUT2D eigenvalue weighted by molar-refractivity contribution is -0.156. The van der Waals surface area contributed by atoms with Gasteiger partial charge >= 0.3 is 12.1 Å². The number of amides is 1. The Kier molecular flexibility index (Phi) is 9.10. The van der Waals surface area contributed by atoms with E-state index in [4.69, 9.17) is 28.6 Å². The van der Waals surface area contributed by atoms with E-state index in [2.05, 4.69) is 4.99 Å². The van der Waals surface area contributed by atoms with Gasteiger partial charge in [-0.2, -0.15) is 13.2 Å². The van der Waals surface area contributed by atoms with E-state index in [1.54, 1.807) is 0 Å². The van der Waals surface area contributed by atoms with Crippen LogP contribution in [0.25, 0.3) is 0 Å². The van der Waals surface area contributed by atoms with Gasteiger partial charge in [-0.25, -0.2) is 8.78 Å². The largest absolute Gasteiger partial charge is 0.481 e. The normalized spacial score (nSPS) is 26.1. The van der Waals surface area contributed by atoms with Crippen molar-refractivity contribution in [1.29, 1.82) is 5.41 Å². The molecule has 230 valence electrons. The van der Waals surface area contributed by atoms with Crippen LogP contribution in [-0.2, 0) is 9.59 Å². The number of carbonyl (C=O) groups excluding carboxylic acids is 2. The fourth-order valence-corrected chi connectivity index (χ4v) is 7.14. The smallest absolute Gasteiger partial charge is 0.430 e. The Hall–Kier alpha value is -2.60. The van der Waals surface area contributed by atoms with Gasteiger partial charge in [-0.05, 0) is 63.5 Å². The van der Waals surface area contributed by atoms with Crippen LogP contribution in [0.4, 0.5) is 22.0 Å². The molecule has 4 fully saturated rings. The molecule has 1 unspecified atom stereocenters. The number of hydrogen-bond donors (Lipinski definition) is 2. The average Bonchev–Trinajstić information content (AvgIpc) is 3.33. The van der Waals surface area contributed by atoms with Gasteiger partial charge in [-0.15, -0.1) is 0 Å². The number of carboxylic acids is 1. The number of nitrogens with zero attached hydrogens (tertiary/aromatic N) is 2. The molecule has 5 rings (SSSR count). The maximum absolute atomic E-state index is 15.6. The predicted molar refractivity (Wildman–Crippen MR) is 146 cm³/mol. The minimum absolute atomic E-state index is 0.0208. The summed E-state index contributed by atoms with van der Waals surface area (Å²) in [6.45, 7) is -1.63. The van der Waals surface area contributed by atoms with Crippen molar-refractivity contribution < 1.29 is 41.4 Å². The SMILES string of the molecule is N=CC(C(=O)N(CC(=O)c1c(Cl)cc(F)cc1Cl)CC1(F)CCCC1)C(=NC12CCC(C(=O)O)(CC1)CC2)C(F)(F)F. The van der Waals surface area contributed by atoms with Crippen molar-refractivity contribution in [3.63, 3.8) is 0 Å². The van der Waals surface area contributed by atoms with Gasteiger partial charge in [-0.1, -0.05) is 36.0 Å². The Labute approximate surface area is 248 Å². The van der Waals surface area contributed by atoms with Crippen LogP contribution in [-0.4, -0.2) is 70.1 Å². The zero-order valence-electron chi connectivity index (χ0n) is 22.5. The topological polar surface area (TPSA) is 111 Å². The molecule has 1 aromatic rings. The number of aliphatic carboxylic acids is 1. The second kappa shape index (κ2) is 11.8. The molecule has 14 heteroatoms. The Morgan fingerprint density at radius 1 is 1.02 bits per heavy atom. The van der Waals surface area contributed by atoms with E-state index in [1.807, 2.05) is 0 Å². The minimum Gasteiger partial charge on any atom is -0.481 e. The van der Waals surface area contributed by atoms with Crippen LogP contribution in [0.5, 0.6) is 0 Å². The number of fused-ring (bicyclic) bond motifs is 3. The predicted octanol–water partition coefficient (Wildman–Crippen LogP) is 6.87. The van der Waals surface area contributed by atoms with E-state index in [0.717, 1.165) is 12.1 Å². The van der Waals surface area contributed by atoms with Crippen molar-refractivity contribution in [3.05, 3.63) is 33.6 Å². The summed E-state index contributed by atoms with van der Waals surface area (Å²) >= 11 is 12.0. The molecule has 0 spiro atoms. The number of nitrogens with one attached hydrogen (secondary N) is 1. The molecule has 2 bridgehead atoms. The molecule has 42 heavy (non-hydrogen) atoms. The van der Waals surface area contributed by atoms with Gasteiger partial charge < -0.3 is 15.4 Å². The van der Waals surface area contributed by atoms with Crippen LogP contribution in [0.3, 0.4) is 0 Å². The van der Waals surface area contributed by atoms with Crippen LogP contribution in [0, 0.1) is 22.6 Å². The number of rotatable bonds is 10. The molecule has 2 N–H and O–H groups in total. The highest BCUT2D eigenvalue weighted by atomic mass is 35.5. The highest BCUT2D eigenvalue weighted by Crippen LogP contribution is 2.54. The molecular weight excluding hydrogens is 608 g/mol. The molecule has 0 saturated heterocycles. The van der Waals surface area contributed by atoms with Gasteiger partial charge in [0.1, 0.15) is 23.1 Å². The summed E-state index contributed by atoms with van der Waals surface area (Å²) in [6.07, 6.45) is -3.31. The van der Waals surface area contributed by atoms with Crippen molar-refractivity contribution in [1.82, 2.24) is 4.90 Å². The molecule has 0 aliphatic heterocycles. The van der Waals surface area contributed by atoms with Gasteiger partial charge in [0.05, 0.1) is 39.7 Å². The number of halogens is 7. The Bertz CT molecular complexity index is 1270. The molecule has 1 atom stereocenters. The van der Waals surface area contributed by atoms with E-state index in [-0.39, 0.29) is 73.2 Å². The molecule has 4 aliphatic carbocycles. The van der Waals surface area contributed by atoms with Gasteiger partial charge in [0.2, 0.25) is 5.91 Å². The van der Waals surface area contributed by atoms with Crippen LogP contribution >= 0.6 is 23.2 Å². The third-order valence-corrected chi connectivity index (χ3v) is 9.54. The first-order chi connectivity index (χ1) is 19.5. The third kappa shape index (κ3) is 6.49. The van der Waals surface area contributed by atoms with Crippen molar-refractivity contribution in [2.45, 2.75) is 81.6 Å². The first kappa shape index (κ1) is 32.3.